The van der Waals surface area contributed by atoms with Crippen molar-refractivity contribution < 1.29 is 14.2 Å². The van der Waals surface area contributed by atoms with Crippen molar-refractivity contribution in [3.8, 4) is 11.5 Å². The lowest BCUT2D eigenvalue weighted by atomic mass is 10.0. The number of rotatable bonds is 8. The molecule has 1 aromatic carbocycles. The summed E-state index contributed by atoms with van der Waals surface area (Å²) in [5.74, 6) is 1.51. The maximum absolute atomic E-state index is 5.52. The number of thiazole rings is 1. The Morgan fingerprint density at radius 2 is 2.04 bits per heavy atom. The van der Waals surface area contributed by atoms with Crippen LogP contribution in [0.1, 0.15) is 17.3 Å². The van der Waals surface area contributed by atoms with Gasteiger partial charge in [0.15, 0.2) is 11.5 Å². The zero-order valence-electron chi connectivity index (χ0n) is 14.7. The summed E-state index contributed by atoms with van der Waals surface area (Å²) in [6, 6.07) is 6.42. The Morgan fingerprint density at radius 1 is 1.24 bits per heavy atom. The summed E-state index contributed by atoms with van der Waals surface area (Å²) in [7, 11) is 3.33. The van der Waals surface area contributed by atoms with Crippen molar-refractivity contribution in [2.24, 2.45) is 0 Å². The first-order chi connectivity index (χ1) is 12.3. The summed E-state index contributed by atoms with van der Waals surface area (Å²) in [6.07, 6.45) is 0. The second-order valence-corrected chi connectivity index (χ2v) is 6.61. The van der Waals surface area contributed by atoms with E-state index in [1.165, 1.54) is 5.56 Å². The predicted molar refractivity (Wildman–Crippen MR) is 98.5 cm³/mol. The molecule has 136 valence electrons. The average molecular weight is 363 g/mol. The van der Waals surface area contributed by atoms with Gasteiger partial charge in [-0.3, -0.25) is 4.90 Å². The molecular weight excluding hydrogens is 338 g/mol. The van der Waals surface area contributed by atoms with Crippen LogP contribution in [0.5, 0.6) is 11.5 Å². The molecule has 25 heavy (non-hydrogen) atoms. The van der Waals surface area contributed by atoms with Crippen LogP contribution in [0.25, 0.3) is 0 Å². The molecule has 6 nitrogen and oxygen atoms in total. The van der Waals surface area contributed by atoms with Crippen molar-refractivity contribution in [3.63, 3.8) is 0 Å². The summed E-state index contributed by atoms with van der Waals surface area (Å²) in [5, 5.41) is 5.62. The molecule has 2 heterocycles. The van der Waals surface area contributed by atoms with E-state index in [0.29, 0.717) is 0 Å². The Bertz CT molecular complexity index is 645. The maximum atomic E-state index is 5.52. The molecule has 0 amide bonds. The van der Waals surface area contributed by atoms with Crippen LogP contribution in [0.4, 0.5) is 0 Å². The number of morpholine rings is 1. The molecule has 0 aliphatic carbocycles. The van der Waals surface area contributed by atoms with Gasteiger partial charge in [0.05, 0.1) is 38.6 Å². The lowest BCUT2D eigenvalue weighted by Gasteiger charge is -2.35. The van der Waals surface area contributed by atoms with E-state index >= 15 is 0 Å². The summed E-state index contributed by atoms with van der Waals surface area (Å²) in [6.45, 7) is 5.02. The molecule has 1 aromatic heterocycles. The number of aromatic nitrogens is 1. The van der Waals surface area contributed by atoms with Gasteiger partial charge in [0.25, 0.3) is 0 Å². The smallest absolute Gasteiger partial charge is 0.161 e. The molecule has 7 heteroatoms. The number of hydrogen-bond donors (Lipinski definition) is 1. The van der Waals surface area contributed by atoms with Gasteiger partial charge in [-0.1, -0.05) is 6.07 Å². The zero-order chi connectivity index (χ0) is 17.5. The van der Waals surface area contributed by atoms with E-state index in [0.717, 1.165) is 56.6 Å². The summed E-state index contributed by atoms with van der Waals surface area (Å²) < 4.78 is 16.4. The minimum absolute atomic E-state index is 0.252. The highest BCUT2D eigenvalue weighted by molar-refractivity contribution is 7.07. The standard InChI is InChI=1S/C18H25N3O3S/c1-22-17-4-3-14(9-18(17)23-2)16(21-5-7-24-8-6-21)11-19-10-15-12-25-13-20-15/h3-4,9,12-13,16,19H,5-8,10-11H2,1-2H3. The monoisotopic (exact) mass is 363 g/mol. The number of methoxy groups -OCH3 is 2. The van der Waals surface area contributed by atoms with Crippen LogP contribution in [-0.2, 0) is 11.3 Å². The Balaban J connectivity index is 1.75. The zero-order valence-corrected chi connectivity index (χ0v) is 15.6. The third-order valence-corrected chi connectivity index (χ3v) is 5.04. The first-order valence-electron chi connectivity index (χ1n) is 8.43. The fraction of sp³-hybridized carbons (Fsp3) is 0.500. The molecule has 1 fully saturated rings. The van der Waals surface area contributed by atoms with Crippen LogP contribution >= 0.6 is 11.3 Å². The van der Waals surface area contributed by atoms with Gasteiger partial charge in [-0.2, -0.15) is 0 Å². The van der Waals surface area contributed by atoms with E-state index in [4.69, 9.17) is 14.2 Å². The van der Waals surface area contributed by atoms with Crippen molar-refractivity contribution in [1.29, 1.82) is 0 Å². The highest BCUT2D eigenvalue weighted by Gasteiger charge is 2.23. The minimum atomic E-state index is 0.252. The Labute approximate surface area is 152 Å². The van der Waals surface area contributed by atoms with Gasteiger partial charge < -0.3 is 19.5 Å². The van der Waals surface area contributed by atoms with Crippen LogP contribution < -0.4 is 14.8 Å². The largest absolute Gasteiger partial charge is 0.493 e. The molecule has 0 spiro atoms. The van der Waals surface area contributed by atoms with Crippen molar-refractivity contribution in [2.75, 3.05) is 47.1 Å². The first-order valence-corrected chi connectivity index (χ1v) is 9.37. The van der Waals surface area contributed by atoms with Crippen molar-refractivity contribution in [2.45, 2.75) is 12.6 Å². The fourth-order valence-electron chi connectivity index (χ4n) is 3.07. The molecule has 1 N–H and O–H groups in total. The summed E-state index contributed by atoms with van der Waals surface area (Å²) in [5.41, 5.74) is 4.16. The first kappa shape index (κ1) is 18.1. The number of ether oxygens (including phenoxy) is 3. The summed E-state index contributed by atoms with van der Waals surface area (Å²) >= 11 is 1.62. The Morgan fingerprint density at radius 3 is 2.72 bits per heavy atom. The van der Waals surface area contributed by atoms with Crippen LogP contribution in [0.2, 0.25) is 0 Å². The van der Waals surface area contributed by atoms with E-state index in [-0.39, 0.29) is 6.04 Å². The molecule has 0 radical (unpaired) electrons. The van der Waals surface area contributed by atoms with Crippen molar-refractivity contribution in [1.82, 2.24) is 15.2 Å². The molecule has 1 aliphatic heterocycles. The van der Waals surface area contributed by atoms with Crippen LogP contribution in [0.3, 0.4) is 0 Å². The number of hydrogen-bond acceptors (Lipinski definition) is 7. The van der Waals surface area contributed by atoms with Gasteiger partial charge >= 0.3 is 0 Å². The van der Waals surface area contributed by atoms with E-state index in [2.05, 4.69) is 32.7 Å². The Kier molecular flexibility index (Phi) is 6.63. The molecule has 0 bridgehead atoms. The van der Waals surface area contributed by atoms with Gasteiger partial charge in [0, 0.05) is 37.6 Å². The lowest BCUT2D eigenvalue weighted by molar-refractivity contribution is 0.0160. The lowest BCUT2D eigenvalue weighted by Crippen LogP contribution is -2.42. The fourth-order valence-corrected chi connectivity index (χ4v) is 3.63. The number of nitrogens with one attached hydrogen (secondary N) is 1. The third-order valence-electron chi connectivity index (χ3n) is 4.41. The van der Waals surface area contributed by atoms with E-state index in [9.17, 15) is 0 Å². The van der Waals surface area contributed by atoms with Crippen LogP contribution in [-0.4, -0.2) is 57.0 Å². The highest BCUT2D eigenvalue weighted by Crippen LogP contribution is 2.32. The van der Waals surface area contributed by atoms with Crippen LogP contribution in [0, 0.1) is 0 Å². The van der Waals surface area contributed by atoms with E-state index in [1.54, 1.807) is 25.6 Å². The predicted octanol–water partition coefficient (Wildman–Crippen LogP) is 2.32. The van der Waals surface area contributed by atoms with Crippen molar-refractivity contribution in [3.05, 3.63) is 40.3 Å². The van der Waals surface area contributed by atoms with Crippen LogP contribution in [0.15, 0.2) is 29.1 Å². The minimum Gasteiger partial charge on any atom is -0.493 e. The van der Waals surface area contributed by atoms with Crippen molar-refractivity contribution >= 4 is 11.3 Å². The normalized spacial score (nSPS) is 16.6. The molecular formula is C18H25N3O3S. The van der Waals surface area contributed by atoms with Gasteiger partial charge in [0.2, 0.25) is 0 Å². The Hall–Kier alpha value is -1.67. The van der Waals surface area contributed by atoms with E-state index in [1.807, 2.05) is 11.6 Å². The molecule has 1 aliphatic rings. The quantitative estimate of drug-likeness (QED) is 0.777. The number of nitrogens with zero attached hydrogens (tertiary/aromatic N) is 2. The van der Waals surface area contributed by atoms with Gasteiger partial charge in [-0.25, -0.2) is 4.98 Å². The average Bonchev–Trinajstić information content (AvgIpc) is 3.19. The third kappa shape index (κ3) is 4.70. The second-order valence-electron chi connectivity index (χ2n) is 5.89. The molecule has 1 saturated heterocycles. The molecule has 0 saturated carbocycles. The molecule has 1 atom stereocenters. The van der Waals surface area contributed by atoms with Gasteiger partial charge in [-0.05, 0) is 17.7 Å². The topological polar surface area (TPSA) is 55.9 Å². The second kappa shape index (κ2) is 9.15. The molecule has 2 aromatic rings. The molecule has 1 unspecified atom stereocenters. The molecule has 3 rings (SSSR count). The maximum Gasteiger partial charge on any atom is 0.161 e. The SMILES string of the molecule is COc1ccc(C(CNCc2cscn2)N2CCOCC2)cc1OC. The van der Waals surface area contributed by atoms with Gasteiger partial charge in [-0.15, -0.1) is 11.3 Å². The van der Waals surface area contributed by atoms with Gasteiger partial charge in [0.1, 0.15) is 0 Å². The highest BCUT2D eigenvalue weighted by atomic mass is 32.1. The summed E-state index contributed by atoms with van der Waals surface area (Å²) in [4.78, 5) is 6.79. The van der Waals surface area contributed by atoms with E-state index < -0.39 is 0 Å². The number of benzene rings is 1.